The lowest BCUT2D eigenvalue weighted by Crippen LogP contribution is -2.35. The van der Waals surface area contributed by atoms with Gasteiger partial charge in [0.15, 0.2) is 11.5 Å². The Morgan fingerprint density at radius 3 is 2.90 bits per heavy atom. The summed E-state index contributed by atoms with van der Waals surface area (Å²) < 4.78 is 0.864. The Hall–Kier alpha value is -1.52. The summed E-state index contributed by atoms with van der Waals surface area (Å²) in [5, 5.41) is 20.3. The van der Waals surface area contributed by atoms with Crippen molar-refractivity contribution < 1.29 is 10.2 Å². The monoisotopic (exact) mass is 345 g/mol. The van der Waals surface area contributed by atoms with Crippen LogP contribution in [-0.2, 0) is 12.8 Å². The molecule has 2 N–H and O–H groups in total. The van der Waals surface area contributed by atoms with Crippen molar-refractivity contribution in [2.24, 2.45) is 0 Å². The molecule has 0 bridgehead atoms. The fourth-order valence-corrected chi connectivity index (χ4v) is 4.30. The number of fused-ring (bicyclic) bond motifs is 2. The number of aromatic hydroxyl groups is 2. The largest absolute Gasteiger partial charge is 0.504 e. The van der Waals surface area contributed by atoms with Crippen molar-refractivity contribution in [2.75, 3.05) is 13.6 Å². The molecule has 4 rings (SSSR count). The van der Waals surface area contributed by atoms with Crippen LogP contribution in [-0.4, -0.2) is 28.7 Å². The maximum Gasteiger partial charge on any atom is 0.165 e. The lowest BCUT2D eigenvalue weighted by atomic mass is 9.77. The van der Waals surface area contributed by atoms with Crippen molar-refractivity contribution in [3.63, 3.8) is 0 Å². The first-order chi connectivity index (χ1) is 10.1. The quantitative estimate of drug-likeness (QED) is 0.717. The predicted molar refractivity (Wildman–Crippen MR) is 85.7 cm³/mol. The maximum atomic E-state index is 10.4. The Labute approximate surface area is 132 Å². The molecule has 0 saturated carbocycles. The Bertz CT molecular complexity index is 757. The zero-order valence-corrected chi connectivity index (χ0v) is 13.3. The van der Waals surface area contributed by atoms with E-state index in [2.05, 4.69) is 40.0 Å². The van der Waals surface area contributed by atoms with E-state index >= 15 is 0 Å². The summed E-state index contributed by atoms with van der Waals surface area (Å²) >= 11 is 3.54. The highest BCUT2D eigenvalue weighted by Crippen LogP contribution is 2.52. The first-order valence-electron chi connectivity index (χ1n) is 7.13. The Balaban J connectivity index is 2.08. The molecule has 0 spiro atoms. The van der Waals surface area contributed by atoms with Gasteiger partial charge in [-0.2, -0.15) is 0 Å². The zero-order valence-electron chi connectivity index (χ0n) is 11.7. The highest BCUT2D eigenvalue weighted by Gasteiger charge is 2.35. The van der Waals surface area contributed by atoms with Crippen LogP contribution < -0.4 is 0 Å². The minimum Gasteiger partial charge on any atom is -0.504 e. The van der Waals surface area contributed by atoms with Crippen LogP contribution in [0.2, 0.25) is 0 Å². The molecule has 1 atom stereocenters. The summed E-state index contributed by atoms with van der Waals surface area (Å²) in [6.07, 6.45) is 1.89. The molecule has 21 heavy (non-hydrogen) atoms. The molecular weight excluding hydrogens is 330 g/mol. The predicted octanol–water partition coefficient (Wildman–Crippen LogP) is 3.61. The second-order valence-corrected chi connectivity index (χ2v) is 6.76. The molecule has 0 radical (unpaired) electrons. The molecule has 1 unspecified atom stereocenters. The molecule has 4 heteroatoms. The van der Waals surface area contributed by atoms with Gasteiger partial charge in [-0.05, 0) is 48.2 Å². The average molecular weight is 346 g/mol. The summed E-state index contributed by atoms with van der Waals surface area (Å²) in [4.78, 5) is 2.38. The van der Waals surface area contributed by atoms with Gasteiger partial charge in [-0.1, -0.05) is 34.1 Å². The third-order valence-electron chi connectivity index (χ3n) is 4.80. The van der Waals surface area contributed by atoms with E-state index in [4.69, 9.17) is 0 Å². The van der Waals surface area contributed by atoms with E-state index < -0.39 is 0 Å². The van der Waals surface area contributed by atoms with Gasteiger partial charge < -0.3 is 10.2 Å². The van der Waals surface area contributed by atoms with E-state index in [0.717, 1.165) is 40.5 Å². The highest BCUT2D eigenvalue weighted by atomic mass is 79.9. The van der Waals surface area contributed by atoms with Crippen LogP contribution in [0.15, 0.2) is 28.7 Å². The van der Waals surface area contributed by atoms with Crippen molar-refractivity contribution in [1.82, 2.24) is 4.90 Å². The van der Waals surface area contributed by atoms with Gasteiger partial charge in [0.25, 0.3) is 0 Å². The van der Waals surface area contributed by atoms with Crippen LogP contribution in [0.1, 0.15) is 22.7 Å². The molecule has 108 valence electrons. The van der Waals surface area contributed by atoms with Crippen LogP contribution in [0.3, 0.4) is 0 Å². The van der Waals surface area contributed by atoms with E-state index in [1.807, 2.05) is 6.07 Å². The number of likely N-dealkylation sites (N-methyl/N-ethyl adjacent to an activating group) is 1. The molecule has 0 aromatic heterocycles. The van der Waals surface area contributed by atoms with Gasteiger partial charge in [0.05, 0.1) is 0 Å². The molecule has 1 aliphatic heterocycles. The average Bonchev–Trinajstić information content (AvgIpc) is 2.48. The number of phenolic OH excluding ortho intramolecular Hbond substituents is 2. The smallest absolute Gasteiger partial charge is 0.165 e. The number of halogens is 1. The first-order valence-corrected chi connectivity index (χ1v) is 7.93. The number of hydrogen-bond donors (Lipinski definition) is 2. The fourth-order valence-electron chi connectivity index (χ4n) is 3.72. The Kier molecular flexibility index (Phi) is 2.81. The van der Waals surface area contributed by atoms with E-state index in [0.29, 0.717) is 6.04 Å². The maximum absolute atomic E-state index is 10.4. The molecule has 0 fully saturated rings. The molecule has 3 nitrogen and oxygen atoms in total. The summed E-state index contributed by atoms with van der Waals surface area (Å²) in [5.41, 5.74) is 5.59. The van der Waals surface area contributed by atoms with Gasteiger partial charge in [0.1, 0.15) is 0 Å². The van der Waals surface area contributed by atoms with Crippen molar-refractivity contribution in [2.45, 2.75) is 18.9 Å². The first kappa shape index (κ1) is 13.2. The molecule has 0 amide bonds. The van der Waals surface area contributed by atoms with E-state index in [1.54, 1.807) is 6.07 Å². The minimum atomic E-state index is -0.0687. The number of benzene rings is 2. The van der Waals surface area contributed by atoms with Gasteiger partial charge in [0, 0.05) is 22.6 Å². The second kappa shape index (κ2) is 4.49. The number of nitrogens with zero attached hydrogens (tertiary/aromatic N) is 1. The fraction of sp³-hybridized carbons (Fsp3) is 0.294. The summed E-state index contributed by atoms with van der Waals surface area (Å²) in [6, 6.07) is 8.21. The van der Waals surface area contributed by atoms with Crippen molar-refractivity contribution in [3.8, 4) is 22.6 Å². The Morgan fingerprint density at radius 1 is 1.29 bits per heavy atom. The van der Waals surface area contributed by atoms with Gasteiger partial charge in [-0.15, -0.1) is 0 Å². The lowest BCUT2D eigenvalue weighted by Gasteiger charge is -2.40. The summed E-state index contributed by atoms with van der Waals surface area (Å²) in [7, 11) is 2.16. The van der Waals surface area contributed by atoms with Gasteiger partial charge in [-0.3, -0.25) is 4.90 Å². The van der Waals surface area contributed by atoms with Gasteiger partial charge >= 0.3 is 0 Å². The normalized spacial score (nSPS) is 20.0. The van der Waals surface area contributed by atoms with E-state index in [-0.39, 0.29) is 11.5 Å². The van der Waals surface area contributed by atoms with Crippen LogP contribution in [0, 0.1) is 0 Å². The number of phenols is 2. The number of hydrogen-bond acceptors (Lipinski definition) is 3. The van der Waals surface area contributed by atoms with Crippen LogP contribution in [0.25, 0.3) is 11.1 Å². The van der Waals surface area contributed by atoms with E-state index in [9.17, 15) is 10.2 Å². The third-order valence-corrected chi connectivity index (χ3v) is 5.50. The van der Waals surface area contributed by atoms with Crippen LogP contribution in [0.5, 0.6) is 11.5 Å². The topological polar surface area (TPSA) is 43.7 Å². The molecule has 0 saturated heterocycles. The molecule has 1 aliphatic carbocycles. The standard InChI is InChI=1S/C17H16BrNO2/c1-19-6-5-9-3-2-4-10-15(9)13(19)7-11-12(18)8-14(20)17(21)16(10)11/h2-4,8,13,20-21H,5-7H2,1H3. The lowest BCUT2D eigenvalue weighted by molar-refractivity contribution is 0.227. The van der Waals surface area contributed by atoms with Crippen molar-refractivity contribution >= 4 is 15.9 Å². The third kappa shape index (κ3) is 1.75. The minimum absolute atomic E-state index is 0.00623. The summed E-state index contributed by atoms with van der Waals surface area (Å²) in [6.45, 7) is 1.05. The van der Waals surface area contributed by atoms with Crippen molar-refractivity contribution in [1.29, 1.82) is 0 Å². The van der Waals surface area contributed by atoms with Crippen molar-refractivity contribution in [3.05, 3.63) is 45.4 Å². The van der Waals surface area contributed by atoms with Gasteiger partial charge in [-0.25, -0.2) is 0 Å². The second-order valence-electron chi connectivity index (χ2n) is 5.91. The summed E-state index contributed by atoms with van der Waals surface area (Å²) in [5.74, 6) is -0.0749. The molecule has 2 aliphatic rings. The molecule has 1 heterocycles. The molecular formula is C17H16BrNO2. The van der Waals surface area contributed by atoms with Crippen LogP contribution in [0.4, 0.5) is 0 Å². The highest BCUT2D eigenvalue weighted by molar-refractivity contribution is 9.10. The Morgan fingerprint density at radius 2 is 2.10 bits per heavy atom. The zero-order chi connectivity index (χ0) is 14.7. The van der Waals surface area contributed by atoms with Gasteiger partial charge in [0.2, 0.25) is 0 Å². The molecule has 2 aromatic carbocycles. The molecule has 2 aromatic rings. The van der Waals surface area contributed by atoms with E-state index in [1.165, 1.54) is 11.1 Å². The SMILES string of the molecule is CN1CCc2cccc3c2C1Cc1c(Br)cc(O)c(O)c1-3. The van der Waals surface area contributed by atoms with Crippen LogP contribution >= 0.6 is 15.9 Å². The number of rotatable bonds is 0.